The Hall–Kier alpha value is -0.880. The first-order chi connectivity index (χ1) is 8.61. The lowest BCUT2D eigenvalue weighted by Crippen LogP contribution is -2.38. The molecule has 0 bridgehead atoms. The average Bonchev–Trinajstić information content (AvgIpc) is 2.41. The van der Waals surface area contributed by atoms with E-state index < -0.39 is 0 Å². The van der Waals surface area contributed by atoms with Crippen molar-refractivity contribution in [2.45, 2.75) is 12.8 Å². The van der Waals surface area contributed by atoms with Crippen molar-refractivity contribution in [2.75, 3.05) is 13.1 Å². The molecule has 0 aliphatic carbocycles. The zero-order valence-electron chi connectivity index (χ0n) is 9.57. The van der Waals surface area contributed by atoms with E-state index in [-0.39, 0.29) is 5.91 Å². The molecule has 1 aromatic carbocycles. The molecule has 1 amide bonds. The van der Waals surface area contributed by atoms with Crippen LogP contribution in [0.15, 0.2) is 32.3 Å². The van der Waals surface area contributed by atoms with E-state index in [0.717, 1.165) is 14.7 Å². The van der Waals surface area contributed by atoms with Crippen LogP contribution in [0.1, 0.15) is 23.2 Å². The molecule has 0 radical (unpaired) electrons. The van der Waals surface area contributed by atoms with Crippen molar-refractivity contribution < 1.29 is 10.0 Å². The minimum absolute atomic E-state index is 0.000153. The number of oxime groups is 1. The van der Waals surface area contributed by atoms with E-state index in [4.69, 9.17) is 5.21 Å². The first-order valence-electron chi connectivity index (χ1n) is 5.56. The van der Waals surface area contributed by atoms with Crippen LogP contribution in [-0.2, 0) is 0 Å². The lowest BCUT2D eigenvalue weighted by atomic mass is 10.1. The molecule has 0 atom stereocenters. The second kappa shape index (κ2) is 5.84. The highest BCUT2D eigenvalue weighted by molar-refractivity contribution is 9.11. The molecule has 0 saturated carbocycles. The number of benzene rings is 1. The van der Waals surface area contributed by atoms with Gasteiger partial charge >= 0.3 is 0 Å². The number of nitrogens with zero attached hydrogens (tertiary/aromatic N) is 2. The largest absolute Gasteiger partial charge is 0.411 e. The quantitative estimate of drug-likeness (QED) is 0.604. The number of likely N-dealkylation sites (tertiary alicyclic amines) is 1. The number of rotatable bonds is 1. The van der Waals surface area contributed by atoms with Crippen LogP contribution in [0.2, 0.25) is 0 Å². The standard InChI is InChI=1S/C12H12Br2N2O2/c13-8-1-2-11(14)10(7-8)12(17)16-5-3-9(15-18)4-6-16/h1-2,7,18H,3-6H2. The Balaban J connectivity index is 2.15. The molecule has 1 saturated heterocycles. The molecule has 1 heterocycles. The fourth-order valence-corrected chi connectivity index (χ4v) is 2.68. The molecule has 0 aromatic heterocycles. The fraction of sp³-hybridized carbons (Fsp3) is 0.333. The van der Waals surface area contributed by atoms with Crippen LogP contribution in [-0.4, -0.2) is 34.8 Å². The van der Waals surface area contributed by atoms with Gasteiger partial charge in [0, 0.05) is 34.9 Å². The molecular weight excluding hydrogens is 364 g/mol. The summed E-state index contributed by atoms with van der Waals surface area (Å²) < 4.78 is 1.67. The predicted octanol–water partition coefficient (Wildman–Crippen LogP) is 3.28. The summed E-state index contributed by atoms with van der Waals surface area (Å²) in [4.78, 5) is 14.1. The Morgan fingerprint density at radius 1 is 1.28 bits per heavy atom. The lowest BCUT2D eigenvalue weighted by Gasteiger charge is -2.27. The molecule has 0 spiro atoms. The third kappa shape index (κ3) is 2.92. The van der Waals surface area contributed by atoms with E-state index in [1.165, 1.54) is 0 Å². The molecule has 1 aliphatic rings. The zero-order valence-corrected chi connectivity index (χ0v) is 12.7. The summed E-state index contributed by atoms with van der Waals surface area (Å²) >= 11 is 6.76. The Morgan fingerprint density at radius 3 is 2.56 bits per heavy atom. The summed E-state index contributed by atoms with van der Waals surface area (Å²) in [6, 6.07) is 5.54. The Labute approximate surface area is 122 Å². The second-order valence-corrected chi connectivity index (χ2v) is 5.85. The monoisotopic (exact) mass is 374 g/mol. The van der Waals surface area contributed by atoms with Crippen molar-refractivity contribution in [3.8, 4) is 0 Å². The number of carbonyl (C=O) groups is 1. The summed E-state index contributed by atoms with van der Waals surface area (Å²) in [6.07, 6.45) is 1.27. The van der Waals surface area contributed by atoms with Gasteiger partial charge in [-0.3, -0.25) is 4.79 Å². The summed E-state index contributed by atoms with van der Waals surface area (Å²) in [5.41, 5.74) is 1.40. The van der Waals surface area contributed by atoms with Gasteiger partial charge < -0.3 is 10.1 Å². The number of hydrogen-bond acceptors (Lipinski definition) is 3. The molecular formula is C12H12Br2N2O2. The number of carbonyl (C=O) groups excluding carboxylic acids is 1. The second-order valence-electron chi connectivity index (χ2n) is 4.08. The van der Waals surface area contributed by atoms with E-state index >= 15 is 0 Å². The van der Waals surface area contributed by atoms with Gasteiger partial charge in [0.25, 0.3) is 5.91 Å². The molecule has 1 aliphatic heterocycles. The van der Waals surface area contributed by atoms with Crippen LogP contribution >= 0.6 is 31.9 Å². The lowest BCUT2D eigenvalue weighted by molar-refractivity contribution is 0.0752. The van der Waals surface area contributed by atoms with Crippen LogP contribution in [0.5, 0.6) is 0 Å². The van der Waals surface area contributed by atoms with Gasteiger partial charge in [-0.1, -0.05) is 21.1 Å². The topological polar surface area (TPSA) is 52.9 Å². The highest BCUT2D eigenvalue weighted by Crippen LogP contribution is 2.24. The van der Waals surface area contributed by atoms with Crippen molar-refractivity contribution in [2.24, 2.45) is 5.16 Å². The molecule has 1 fully saturated rings. The maximum absolute atomic E-state index is 12.3. The number of amides is 1. The van der Waals surface area contributed by atoms with Gasteiger partial charge in [0.05, 0.1) is 11.3 Å². The van der Waals surface area contributed by atoms with Crippen LogP contribution in [0.25, 0.3) is 0 Å². The van der Waals surface area contributed by atoms with Gasteiger partial charge in [0.15, 0.2) is 0 Å². The van der Waals surface area contributed by atoms with Crippen LogP contribution in [0.4, 0.5) is 0 Å². The molecule has 0 unspecified atom stereocenters. The fourth-order valence-electron chi connectivity index (χ4n) is 1.90. The number of hydrogen-bond donors (Lipinski definition) is 1. The normalized spacial score (nSPS) is 15.7. The Kier molecular flexibility index (Phi) is 4.40. The van der Waals surface area contributed by atoms with Crippen molar-refractivity contribution in [3.05, 3.63) is 32.7 Å². The third-order valence-corrected chi connectivity index (χ3v) is 4.11. The van der Waals surface area contributed by atoms with Gasteiger partial charge in [-0.05, 0) is 34.1 Å². The summed E-state index contributed by atoms with van der Waals surface area (Å²) in [7, 11) is 0. The van der Waals surface area contributed by atoms with Crippen molar-refractivity contribution >= 4 is 43.5 Å². The summed E-state index contributed by atoms with van der Waals surface area (Å²) in [5.74, 6) is 0.000153. The Morgan fingerprint density at radius 2 is 1.94 bits per heavy atom. The number of halogens is 2. The predicted molar refractivity (Wildman–Crippen MR) is 76.2 cm³/mol. The van der Waals surface area contributed by atoms with Crippen molar-refractivity contribution in [1.82, 2.24) is 4.90 Å². The average molecular weight is 376 g/mol. The van der Waals surface area contributed by atoms with Crippen LogP contribution < -0.4 is 0 Å². The molecule has 1 aromatic rings. The van der Waals surface area contributed by atoms with Crippen molar-refractivity contribution in [1.29, 1.82) is 0 Å². The zero-order chi connectivity index (χ0) is 13.1. The van der Waals surface area contributed by atoms with Gasteiger partial charge in [-0.15, -0.1) is 0 Å². The molecule has 6 heteroatoms. The molecule has 18 heavy (non-hydrogen) atoms. The molecule has 96 valence electrons. The summed E-state index contributed by atoms with van der Waals surface area (Å²) in [6.45, 7) is 1.19. The van der Waals surface area contributed by atoms with Crippen LogP contribution in [0.3, 0.4) is 0 Å². The van der Waals surface area contributed by atoms with E-state index in [0.29, 0.717) is 31.5 Å². The molecule has 1 N–H and O–H groups in total. The first-order valence-corrected chi connectivity index (χ1v) is 7.14. The SMILES string of the molecule is O=C(c1cc(Br)ccc1Br)N1CCC(=NO)CC1. The van der Waals surface area contributed by atoms with Gasteiger partial charge in [0.1, 0.15) is 0 Å². The third-order valence-electron chi connectivity index (χ3n) is 2.93. The van der Waals surface area contributed by atoms with Gasteiger partial charge in [-0.2, -0.15) is 0 Å². The smallest absolute Gasteiger partial charge is 0.255 e. The maximum Gasteiger partial charge on any atom is 0.255 e. The highest BCUT2D eigenvalue weighted by atomic mass is 79.9. The van der Waals surface area contributed by atoms with E-state index in [1.807, 2.05) is 18.2 Å². The highest BCUT2D eigenvalue weighted by Gasteiger charge is 2.22. The van der Waals surface area contributed by atoms with Gasteiger partial charge in [0.2, 0.25) is 0 Å². The van der Waals surface area contributed by atoms with E-state index in [1.54, 1.807) is 4.90 Å². The minimum Gasteiger partial charge on any atom is -0.411 e. The number of piperidine rings is 1. The van der Waals surface area contributed by atoms with Crippen molar-refractivity contribution in [3.63, 3.8) is 0 Å². The summed E-state index contributed by atoms with van der Waals surface area (Å²) in [5, 5.41) is 11.9. The van der Waals surface area contributed by atoms with Gasteiger partial charge in [-0.25, -0.2) is 0 Å². The Bertz CT molecular complexity index is 493. The van der Waals surface area contributed by atoms with Crippen LogP contribution in [0, 0.1) is 0 Å². The first kappa shape index (κ1) is 13.5. The minimum atomic E-state index is 0.000153. The molecule has 4 nitrogen and oxygen atoms in total. The van der Waals surface area contributed by atoms with E-state index in [9.17, 15) is 4.79 Å². The molecule has 2 rings (SSSR count). The maximum atomic E-state index is 12.3. The van der Waals surface area contributed by atoms with E-state index in [2.05, 4.69) is 37.0 Å².